The van der Waals surface area contributed by atoms with E-state index in [1.807, 2.05) is 4.90 Å². The summed E-state index contributed by atoms with van der Waals surface area (Å²) < 4.78 is 0. The van der Waals surface area contributed by atoms with Crippen molar-refractivity contribution in [3.05, 3.63) is 35.4 Å². The van der Waals surface area contributed by atoms with E-state index in [0.29, 0.717) is 18.4 Å². The molecule has 110 valence electrons. The van der Waals surface area contributed by atoms with Crippen LogP contribution in [0.5, 0.6) is 0 Å². The van der Waals surface area contributed by atoms with Gasteiger partial charge in [0.1, 0.15) is 0 Å². The summed E-state index contributed by atoms with van der Waals surface area (Å²) in [7, 11) is 0. The van der Waals surface area contributed by atoms with E-state index in [4.69, 9.17) is 5.73 Å². The molecule has 0 aromatic heterocycles. The minimum absolute atomic E-state index is 0.129. The molecule has 2 rings (SSSR count). The number of nitrogens with two attached hydrogens (primary N) is 1. The van der Waals surface area contributed by atoms with E-state index >= 15 is 0 Å². The lowest BCUT2D eigenvalue weighted by Crippen LogP contribution is -2.40. The van der Waals surface area contributed by atoms with Crippen LogP contribution in [0.2, 0.25) is 0 Å². The summed E-state index contributed by atoms with van der Waals surface area (Å²) in [5, 5.41) is 0. The van der Waals surface area contributed by atoms with Gasteiger partial charge in [-0.05, 0) is 42.9 Å². The molecule has 1 amide bonds. The summed E-state index contributed by atoms with van der Waals surface area (Å²) in [4.78, 5) is 14.8. The summed E-state index contributed by atoms with van der Waals surface area (Å²) in [6, 6.07) is 8.42. The number of fused-ring (bicyclic) bond motifs is 1. The van der Waals surface area contributed by atoms with Crippen LogP contribution in [-0.2, 0) is 17.6 Å². The molecule has 0 fully saturated rings. The van der Waals surface area contributed by atoms with Crippen LogP contribution in [0, 0.1) is 11.8 Å². The zero-order valence-electron chi connectivity index (χ0n) is 12.6. The summed E-state index contributed by atoms with van der Waals surface area (Å²) in [6.07, 6.45) is 2.68. The molecule has 3 heteroatoms. The first-order chi connectivity index (χ1) is 9.61. The molecule has 0 saturated carbocycles. The average molecular weight is 274 g/mol. The summed E-state index contributed by atoms with van der Waals surface area (Å²) >= 11 is 0. The van der Waals surface area contributed by atoms with Crippen molar-refractivity contribution in [1.29, 1.82) is 0 Å². The van der Waals surface area contributed by atoms with Crippen molar-refractivity contribution in [3.63, 3.8) is 0 Å². The van der Waals surface area contributed by atoms with E-state index in [1.165, 1.54) is 11.1 Å². The third-order valence-electron chi connectivity index (χ3n) is 3.93. The number of carbonyl (C=O) groups is 1. The predicted octanol–water partition coefficient (Wildman–Crippen LogP) is 2.23. The van der Waals surface area contributed by atoms with Crippen LogP contribution in [0.4, 0.5) is 0 Å². The zero-order valence-corrected chi connectivity index (χ0v) is 12.6. The molecular weight excluding hydrogens is 248 g/mol. The highest BCUT2D eigenvalue weighted by atomic mass is 16.2. The molecule has 0 unspecified atom stereocenters. The maximum atomic E-state index is 12.7. The van der Waals surface area contributed by atoms with E-state index in [2.05, 4.69) is 38.1 Å². The van der Waals surface area contributed by atoms with E-state index in [9.17, 15) is 4.79 Å². The van der Waals surface area contributed by atoms with Crippen LogP contribution < -0.4 is 5.73 Å². The van der Waals surface area contributed by atoms with Crippen LogP contribution in [-0.4, -0.2) is 30.4 Å². The van der Waals surface area contributed by atoms with E-state index < -0.39 is 0 Å². The Morgan fingerprint density at radius 1 is 1.30 bits per heavy atom. The summed E-state index contributed by atoms with van der Waals surface area (Å²) in [5.41, 5.74) is 8.28. The Kier molecular flexibility index (Phi) is 5.18. The molecule has 0 aliphatic heterocycles. The second-order valence-electron chi connectivity index (χ2n) is 6.19. The van der Waals surface area contributed by atoms with Gasteiger partial charge in [-0.1, -0.05) is 38.1 Å². The lowest BCUT2D eigenvalue weighted by atomic mass is 10.0. The maximum Gasteiger partial charge on any atom is 0.226 e. The van der Waals surface area contributed by atoms with Gasteiger partial charge in [0.25, 0.3) is 0 Å². The fraction of sp³-hybridized carbons (Fsp3) is 0.588. The van der Waals surface area contributed by atoms with E-state index in [0.717, 1.165) is 32.4 Å². The minimum Gasteiger partial charge on any atom is -0.342 e. The second-order valence-corrected chi connectivity index (χ2v) is 6.19. The van der Waals surface area contributed by atoms with Crippen molar-refractivity contribution >= 4 is 5.91 Å². The van der Waals surface area contributed by atoms with Crippen molar-refractivity contribution in [1.82, 2.24) is 4.90 Å². The van der Waals surface area contributed by atoms with Gasteiger partial charge in [-0.2, -0.15) is 0 Å². The maximum absolute atomic E-state index is 12.7. The van der Waals surface area contributed by atoms with Crippen molar-refractivity contribution < 1.29 is 4.79 Å². The summed E-state index contributed by atoms with van der Waals surface area (Å²) in [6.45, 7) is 6.59. The minimum atomic E-state index is 0.129. The quantitative estimate of drug-likeness (QED) is 0.864. The van der Waals surface area contributed by atoms with Gasteiger partial charge in [0.05, 0.1) is 0 Å². The first-order valence-electron chi connectivity index (χ1n) is 7.67. The number of carbonyl (C=O) groups excluding carboxylic acids is 1. The lowest BCUT2D eigenvalue weighted by molar-refractivity contribution is -0.135. The Labute approximate surface area is 122 Å². The molecule has 1 aliphatic rings. The van der Waals surface area contributed by atoms with Gasteiger partial charge in [-0.3, -0.25) is 4.79 Å². The van der Waals surface area contributed by atoms with Crippen LogP contribution in [0.25, 0.3) is 0 Å². The van der Waals surface area contributed by atoms with Gasteiger partial charge in [0.15, 0.2) is 0 Å². The van der Waals surface area contributed by atoms with Gasteiger partial charge >= 0.3 is 0 Å². The molecule has 0 heterocycles. The highest BCUT2D eigenvalue weighted by Crippen LogP contribution is 2.28. The SMILES string of the molecule is CC(C)CN(CCCN)C(=O)C1Cc2ccccc2C1. The molecule has 0 radical (unpaired) electrons. The zero-order chi connectivity index (χ0) is 14.5. The molecule has 0 bridgehead atoms. The molecule has 3 nitrogen and oxygen atoms in total. The molecule has 0 spiro atoms. The van der Waals surface area contributed by atoms with Crippen molar-refractivity contribution in [2.45, 2.75) is 33.1 Å². The Morgan fingerprint density at radius 3 is 2.40 bits per heavy atom. The largest absolute Gasteiger partial charge is 0.342 e. The number of benzene rings is 1. The fourth-order valence-corrected chi connectivity index (χ4v) is 3.01. The average Bonchev–Trinajstić information content (AvgIpc) is 2.86. The van der Waals surface area contributed by atoms with Gasteiger partial charge in [-0.25, -0.2) is 0 Å². The monoisotopic (exact) mass is 274 g/mol. The van der Waals surface area contributed by atoms with Crippen LogP contribution in [0.15, 0.2) is 24.3 Å². The van der Waals surface area contributed by atoms with Crippen LogP contribution >= 0.6 is 0 Å². The number of hydrogen-bond acceptors (Lipinski definition) is 2. The fourth-order valence-electron chi connectivity index (χ4n) is 3.01. The molecule has 20 heavy (non-hydrogen) atoms. The van der Waals surface area contributed by atoms with E-state index in [1.54, 1.807) is 0 Å². The van der Waals surface area contributed by atoms with Gasteiger partial charge in [-0.15, -0.1) is 0 Å². The molecule has 1 aliphatic carbocycles. The third-order valence-corrected chi connectivity index (χ3v) is 3.93. The molecule has 2 N–H and O–H groups in total. The Hall–Kier alpha value is -1.35. The highest BCUT2D eigenvalue weighted by molar-refractivity contribution is 5.80. The van der Waals surface area contributed by atoms with Crippen molar-refractivity contribution in [2.24, 2.45) is 17.6 Å². The lowest BCUT2D eigenvalue weighted by Gasteiger charge is -2.27. The standard InChI is InChI=1S/C17H26N2O/c1-13(2)12-19(9-5-8-18)17(20)16-10-14-6-3-4-7-15(14)11-16/h3-4,6-7,13,16H,5,8-12,18H2,1-2H3. The first kappa shape index (κ1) is 15.0. The van der Waals surface area contributed by atoms with Crippen LogP contribution in [0.3, 0.4) is 0 Å². The second kappa shape index (κ2) is 6.89. The molecule has 0 saturated heterocycles. The first-order valence-corrected chi connectivity index (χ1v) is 7.67. The molecular formula is C17H26N2O. The van der Waals surface area contributed by atoms with Crippen molar-refractivity contribution in [2.75, 3.05) is 19.6 Å². The third kappa shape index (κ3) is 3.60. The highest BCUT2D eigenvalue weighted by Gasteiger charge is 2.30. The number of rotatable bonds is 6. The topological polar surface area (TPSA) is 46.3 Å². The van der Waals surface area contributed by atoms with Gasteiger partial charge < -0.3 is 10.6 Å². The van der Waals surface area contributed by atoms with E-state index in [-0.39, 0.29) is 5.92 Å². The van der Waals surface area contributed by atoms with Crippen molar-refractivity contribution in [3.8, 4) is 0 Å². The molecule has 1 aromatic carbocycles. The Morgan fingerprint density at radius 2 is 1.90 bits per heavy atom. The number of amides is 1. The summed E-state index contributed by atoms with van der Waals surface area (Å²) in [5.74, 6) is 0.938. The number of hydrogen-bond donors (Lipinski definition) is 1. The van der Waals surface area contributed by atoms with Gasteiger partial charge in [0, 0.05) is 19.0 Å². The molecule has 1 aromatic rings. The Balaban J connectivity index is 2.01. The van der Waals surface area contributed by atoms with Gasteiger partial charge in [0.2, 0.25) is 5.91 Å². The molecule has 0 atom stereocenters. The number of nitrogens with zero attached hydrogens (tertiary/aromatic N) is 1. The van der Waals surface area contributed by atoms with Crippen LogP contribution in [0.1, 0.15) is 31.4 Å². The smallest absolute Gasteiger partial charge is 0.226 e. The Bertz CT molecular complexity index is 431. The predicted molar refractivity (Wildman–Crippen MR) is 82.4 cm³/mol. The normalized spacial score (nSPS) is 14.6.